The lowest BCUT2D eigenvalue weighted by atomic mass is 9.88. The molecule has 1 aliphatic rings. The van der Waals surface area contributed by atoms with Gasteiger partial charge in [0.2, 0.25) is 5.90 Å². The largest absolute Gasteiger partial charge is 0.474 e. The van der Waals surface area contributed by atoms with Gasteiger partial charge in [-0.1, -0.05) is 32.4 Å². The summed E-state index contributed by atoms with van der Waals surface area (Å²) in [6.07, 6.45) is 1.60. The molecule has 0 fully saturated rings. The Morgan fingerprint density at radius 1 is 1.38 bits per heavy atom. The van der Waals surface area contributed by atoms with Crippen molar-refractivity contribution in [2.24, 2.45) is 10.4 Å². The molecule has 16 heavy (non-hydrogen) atoms. The number of rotatable bonds is 1. The summed E-state index contributed by atoms with van der Waals surface area (Å²) in [5.74, 6) is 0.622. The standard InChI is InChI=1S/C12H15ClN2O/c1-12(2,3)10-7-16-11(15-10)9-5-4-8(13)6-14-9/h4-6,10H,7H2,1-3H3. The van der Waals surface area contributed by atoms with E-state index in [1.807, 2.05) is 6.07 Å². The minimum absolute atomic E-state index is 0.119. The minimum atomic E-state index is 0.119. The fraction of sp³-hybridized carbons (Fsp3) is 0.500. The van der Waals surface area contributed by atoms with Crippen molar-refractivity contribution >= 4 is 17.5 Å². The zero-order chi connectivity index (χ0) is 11.8. The molecule has 0 N–H and O–H groups in total. The molecule has 1 unspecified atom stereocenters. The number of hydrogen-bond acceptors (Lipinski definition) is 3. The zero-order valence-corrected chi connectivity index (χ0v) is 10.5. The van der Waals surface area contributed by atoms with Crippen LogP contribution in [0.25, 0.3) is 0 Å². The first-order chi connectivity index (χ1) is 7.47. The Balaban J connectivity index is 2.21. The topological polar surface area (TPSA) is 34.5 Å². The van der Waals surface area contributed by atoms with E-state index < -0.39 is 0 Å². The van der Waals surface area contributed by atoms with Gasteiger partial charge in [-0.15, -0.1) is 0 Å². The number of ether oxygens (including phenoxy) is 1. The van der Waals surface area contributed by atoms with E-state index in [0.29, 0.717) is 17.5 Å². The normalized spacial score (nSPS) is 20.5. The summed E-state index contributed by atoms with van der Waals surface area (Å²) in [4.78, 5) is 8.74. The van der Waals surface area contributed by atoms with Crippen LogP contribution in [-0.4, -0.2) is 23.5 Å². The molecule has 86 valence electrons. The van der Waals surface area contributed by atoms with E-state index in [1.54, 1.807) is 12.3 Å². The van der Waals surface area contributed by atoms with Gasteiger partial charge in [0.25, 0.3) is 0 Å². The summed E-state index contributed by atoms with van der Waals surface area (Å²) in [5, 5.41) is 0.620. The fourth-order valence-corrected chi connectivity index (χ4v) is 1.57. The Kier molecular flexibility index (Phi) is 2.89. The number of aliphatic imine (C=N–C) groups is 1. The van der Waals surface area contributed by atoms with Gasteiger partial charge < -0.3 is 4.74 Å². The van der Waals surface area contributed by atoms with Gasteiger partial charge in [-0.2, -0.15) is 0 Å². The molecular formula is C12H15ClN2O. The van der Waals surface area contributed by atoms with Crippen molar-refractivity contribution in [3.05, 3.63) is 29.0 Å². The molecule has 1 aliphatic heterocycles. The van der Waals surface area contributed by atoms with Gasteiger partial charge in [-0.05, 0) is 17.5 Å². The van der Waals surface area contributed by atoms with E-state index in [2.05, 4.69) is 30.7 Å². The van der Waals surface area contributed by atoms with E-state index in [4.69, 9.17) is 16.3 Å². The number of aromatic nitrogens is 1. The molecule has 3 nitrogen and oxygen atoms in total. The Bertz CT molecular complexity index is 406. The van der Waals surface area contributed by atoms with Gasteiger partial charge in [0.05, 0.1) is 11.1 Å². The van der Waals surface area contributed by atoms with Crippen molar-refractivity contribution < 1.29 is 4.74 Å². The third kappa shape index (κ3) is 2.35. The van der Waals surface area contributed by atoms with Gasteiger partial charge >= 0.3 is 0 Å². The maximum absolute atomic E-state index is 5.78. The SMILES string of the molecule is CC(C)(C)C1COC(c2ccc(Cl)cn2)=N1. The summed E-state index contributed by atoms with van der Waals surface area (Å²) in [5.41, 5.74) is 0.866. The average molecular weight is 239 g/mol. The van der Waals surface area contributed by atoms with Gasteiger partial charge in [0.15, 0.2) is 0 Å². The van der Waals surface area contributed by atoms with Crippen LogP contribution in [0.3, 0.4) is 0 Å². The first kappa shape index (κ1) is 11.4. The van der Waals surface area contributed by atoms with Crippen molar-refractivity contribution in [1.82, 2.24) is 4.98 Å². The smallest absolute Gasteiger partial charge is 0.235 e. The Hall–Kier alpha value is -1.09. The van der Waals surface area contributed by atoms with Crippen LogP contribution in [0.4, 0.5) is 0 Å². The van der Waals surface area contributed by atoms with E-state index >= 15 is 0 Å². The van der Waals surface area contributed by atoms with E-state index in [-0.39, 0.29) is 11.5 Å². The third-order valence-electron chi connectivity index (χ3n) is 2.60. The Morgan fingerprint density at radius 2 is 2.12 bits per heavy atom. The summed E-state index contributed by atoms with van der Waals surface area (Å²) in [6.45, 7) is 7.09. The summed E-state index contributed by atoms with van der Waals surface area (Å²) in [7, 11) is 0. The van der Waals surface area contributed by atoms with Gasteiger partial charge in [0, 0.05) is 6.20 Å². The van der Waals surface area contributed by atoms with Crippen LogP contribution in [0.2, 0.25) is 5.02 Å². The molecule has 0 aromatic carbocycles. The molecule has 0 bridgehead atoms. The quantitative estimate of drug-likeness (QED) is 0.754. The lowest BCUT2D eigenvalue weighted by Crippen LogP contribution is -2.25. The summed E-state index contributed by atoms with van der Waals surface area (Å²) in [6, 6.07) is 3.81. The van der Waals surface area contributed by atoms with Crippen LogP contribution >= 0.6 is 11.6 Å². The molecule has 0 spiro atoms. The molecular weight excluding hydrogens is 224 g/mol. The van der Waals surface area contributed by atoms with E-state index in [0.717, 1.165) is 5.69 Å². The molecule has 0 amide bonds. The minimum Gasteiger partial charge on any atom is -0.474 e. The second-order valence-electron chi connectivity index (χ2n) is 4.99. The lowest BCUT2D eigenvalue weighted by Gasteiger charge is -2.21. The van der Waals surface area contributed by atoms with Crippen molar-refractivity contribution in [1.29, 1.82) is 0 Å². The number of halogens is 1. The molecule has 0 saturated heterocycles. The molecule has 1 aromatic rings. The van der Waals surface area contributed by atoms with Crippen molar-refractivity contribution in [2.75, 3.05) is 6.61 Å². The molecule has 2 heterocycles. The monoisotopic (exact) mass is 238 g/mol. The maximum Gasteiger partial charge on any atom is 0.235 e. The predicted molar refractivity (Wildman–Crippen MR) is 65.0 cm³/mol. The molecule has 2 rings (SSSR count). The van der Waals surface area contributed by atoms with E-state index in [9.17, 15) is 0 Å². The van der Waals surface area contributed by atoms with Gasteiger partial charge in [-0.25, -0.2) is 9.98 Å². The summed E-state index contributed by atoms with van der Waals surface area (Å²) < 4.78 is 5.56. The molecule has 0 aliphatic carbocycles. The Morgan fingerprint density at radius 3 is 2.62 bits per heavy atom. The second-order valence-corrected chi connectivity index (χ2v) is 5.43. The molecule has 1 atom stereocenters. The highest BCUT2D eigenvalue weighted by atomic mass is 35.5. The highest BCUT2D eigenvalue weighted by Crippen LogP contribution is 2.27. The van der Waals surface area contributed by atoms with Crippen LogP contribution in [0.15, 0.2) is 23.3 Å². The second kappa shape index (κ2) is 4.06. The predicted octanol–water partition coefficient (Wildman–Crippen LogP) is 2.93. The Labute approximate surface area is 101 Å². The van der Waals surface area contributed by atoms with Crippen molar-refractivity contribution in [2.45, 2.75) is 26.8 Å². The highest BCUT2D eigenvalue weighted by Gasteiger charge is 2.30. The van der Waals surface area contributed by atoms with E-state index in [1.165, 1.54) is 0 Å². The first-order valence-corrected chi connectivity index (χ1v) is 5.67. The van der Waals surface area contributed by atoms with Crippen LogP contribution in [0, 0.1) is 5.41 Å². The lowest BCUT2D eigenvalue weighted by molar-refractivity contribution is 0.235. The number of nitrogens with zero attached hydrogens (tertiary/aromatic N) is 2. The molecule has 0 radical (unpaired) electrons. The van der Waals surface area contributed by atoms with Gasteiger partial charge in [0.1, 0.15) is 12.3 Å². The summed E-state index contributed by atoms with van der Waals surface area (Å²) >= 11 is 5.78. The zero-order valence-electron chi connectivity index (χ0n) is 9.70. The van der Waals surface area contributed by atoms with Crippen LogP contribution in [0.1, 0.15) is 26.5 Å². The molecule has 4 heteroatoms. The highest BCUT2D eigenvalue weighted by molar-refractivity contribution is 6.30. The average Bonchev–Trinajstić information content (AvgIpc) is 2.67. The fourth-order valence-electron chi connectivity index (χ4n) is 1.46. The molecule has 1 aromatic heterocycles. The number of hydrogen-bond donors (Lipinski definition) is 0. The van der Waals surface area contributed by atoms with Crippen molar-refractivity contribution in [3.63, 3.8) is 0 Å². The molecule has 0 saturated carbocycles. The third-order valence-corrected chi connectivity index (χ3v) is 2.82. The van der Waals surface area contributed by atoms with Crippen LogP contribution in [-0.2, 0) is 4.74 Å². The first-order valence-electron chi connectivity index (χ1n) is 5.29. The van der Waals surface area contributed by atoms with Crippen molar-refractivity contribution in [3.8, 4) is 0 Å². The van der Waals surface area contributed by atoms with Gasteiger partial charge in [-0.3, -0.25) is 0 Å². The van der Waals surface area contributed by atoms with Crippen LogP contribution in [0.5, 0.6) is 0 Å². The maximum atomic E-state index is 5.78. The van der Waals surface area contributed by atoms with Crippen LogP contribution < -0.4 is 0 Å². The number of pyridine rings is 1.